The second-order valence-electron chi connectivity index (χ2n) is 9.54. The molecule has 8 nitrogen and oxygen atoms in total. The summed E-state index contributed by atoms with van der Waals surface area (Å²) < 4.78 is 7.35. The monoisotopic (exact) mass is 472 g/mol. The van der Waals surface area contributed by atoms with Gasteiger partial charge in [-0.1, -0.05) is 25.3 Å². The third kappa shape index (κ3) is 7.87. The number of carbonyl (C=O) groups is 2. The molecule has 1 saturated heterocycles. The lowest BCUT2D eigenvalue weighted by Gasteiger charge is -2.35. The van der Waals surface area contributed by atoms with Gasteiger partial charge in [0.05, 0.1) is 11.9 Å². The zero-order chi connectivity index (χ0) is 24.5. The molecule has 2 fully saturated rings. The molecule has 2 heterocycles. The summed E-state index contributed by atoms with van der Waals surface area (Å²) in [5, 5.41) is 16.3. The van der Waals surface area contributed by atoms with E-state index in [1.807, 2.05) is 25.1 Å². The molecule has 2 N–H and O–H groups in total. The van der Waals surface area contributed by atoms with Gasteiger partial charge in [0, 0.05) is 18.7 Å². The number of hydrogen-bond acceptors (Lipinski definition) is 5. The van der Waals surface area contributed by atoms with Gasteiger partial charge in [-0.3, -0.25) is 4.79 Å². The van der Waals surface area contributed by atoms with Crippen LogP contribution in [0.1, 0.15) is 56.9 Å². The highest BCUT2D eigenvalue weighted by Crippen LogP contribution is 2.27. The van der Waals surface area contributed by atoms with E-state index in [1.165, 1.54) is 64.6 Å². The first-order valence-corrected chi connectivity index (χ1v) is 12.3. The maximum atomic E-state index is 12.4. The maximum Gasteiger partial charge on any atom is 0.328 e. The first kappa shape index (κ1) is 25.7. The molecule has 0 atom stereocenters. The van der Waals surface area contributed by atoms with Crippen molar-refractivity contribution in [1.29, 1.82) is 0 Å². The molecule has 2 aliphatic rings. The Kier molecular flexibility index (Phi) is 9.51. The van der Waals surface area contributed by atoms with Crippen LogP contribution in [0.15, 0.2) is 39.7 Å². The summed E-state index contributed by atoms with van der Waals surface area (Å²) in [6, 6.07) is 5.82. The molecule has 1 aliphatic carbocycles. The standard InChI is InChI=1S/C22H32N2O2.C4H4O4/c1-17-7-8-20-21(15-17)26-24(22(20)25)14-11-18-9-12-23(13-10-18)16-19-5-3-2-4-6-19;5-3(6)1-2-4(7)8/h7-8,15,18-19H,2-6,9-14,16H2,1H3;1-2H,(H,5,6)(H,7,8)/b;2-1+. The van der Waals surface area contributed by atoms with Gasteiger partial charge >= 0.3 is 11.9 Å². The number of carboxylic acid groups (broad SMARTS) is 2. The fourth-order valence-electron chi connectivity index (χ4n) is 4.96. The van der Waals surface area contributed by atoms with Crippen LogP contribution in [0, 0.1) is 18.8 Å². The number of aliphatic carboxylic acids is 2. The van der Waals surface area contributed by atoms with Crippen molar-refractivity contribution < 1.29 is 24.3 Å². The minimum atomic E-state index is -1.26. The lowest BCUT2D eigenvalue weighted by atomic mass is 9.87. The molecule has 0 bridgehead atoms. The minimum absolute atomic E-state index is 0.0229. The Morgan fingerprint density at radius 2 is 1.65 bits per heavy atom. The van der Waals surface area contributed by atoms with Crippen LogP contribution in [0.4, 0.5) is 0 Å². The van der Waals surface area contributed by atoms with E-state index in [1.54, 1.807) is 4.74 Å². The van der Waals surface area contributed by atoms with Gasteiger partial charge in [-0.25, -0.2) is 9.59 Å². The van der Waals surface area contributed by atoms with Crippen molar-refractivity contribution >= 4 is 22.9 Å². The smallest absolute Gasteiger partial charge is 0.328 e. The first-order chi connectivity index (χ1) is 16.3. The molecule has 1 aliphatic heterocycles. The van der Waals surface area contributed by atoms with Crippen LogP contribution in [-0.2, 0) is 16.1 Å². The Morgan fingerprint density at radius 1 is 1.00 bits per heavy atom. The van der Waals surface area contributed by atoms with E-state index in [4.69, 9.17) is 14.7 Å². The molecule has 1 aromatic heterocycles. The van der Waals surface area contributed by atoms with Crippen molar-refractivity contribution in [2.24, 2.45) is 11.8 Å². The van der Waals surface area contributed by atoms with Crippen molar-refractivity contribution in [2.75, 3.05) is 19.6 Å². The van der Waals surface area contributed by atoms with Crippen molar-refractivity contribution in [3.63, 3.8) is 0 Å². The summed E-state index contributed by atoms with van der Waals surface area (Å²) in [4.78, 5) is 34.2. The molecule has 8 heteroatoms. The number of carboxylic acids is 2. The zero-order valence-electron chi connectivity index (χ0n) is 19.9. The van der Waals surface area contributed by atoms with Crippen LogP contribution in [0.2, 0.25) is 0 Å². The first-order valence-electron chi connectivity index (χ1n) is 12.3. The molecular weight excluding hydrogens is 436 g/mol. The third-order valence-electron chi connectivity index (χ3n) is 6.86. The Bertz CT molecular complexity index is 1020. The highest BCUT2D eigenvalue weighted by atomic mass is 16.5. The molecular formula is C26H36N2O6. The highest BCUT2D eigenvalue weighted by Gasteiger charge is 2.23. The quantitative estimate of drug-likeness (QED) is 0.578. The molecule has 0 amide bonds. The molecule has 34 heavy (non-hydrogen) atoms. The van der Waals surface area contributed by atoms with Crippen molar-refractivity contribution in [3.8, 4) is 0 Å². The normalized spacial score (nSPS) is 18.1. The van der Waals surface area contributed by atoms with Crippen molar-refractivity contribution in [1.82, 2.24) is 9.64 Å². The van der Waals surface area contributed by atoms with Gasteiger partial charge in [-0.05, 0) is 81.6 Å². The number of benzene rings is 1. The number of aromatic nitrogens is 1. The van der Waals surface area contributed by atoms with Crippen LogP contribution in [0.5, 0.6) is 0 Å². The number of rotatable bonds is 7. The Hall–Kier alpha value is -2.87. The van der Waals surface area contributed by atoms with E-state index in [0.29, 0.717) is 24.1 Å². The van der Waals surface area contributed by atoms with Gasteiger partial charge < -0.3 is 19.6 Å². The summed E-state index contributed by atoms with van der Waals surface area (Å²) in [6.07, 6.45) is 11.9. The van der Waals surface area contributed by atoms with Gasteiger partial charge in [-0.2, -0.15) is 4.74 Å². The topological polar surface area (TPSA) is 113 Å². The number of piperidine rings is 1. The average Bonchev–Trinajstić information content (AvgIpc) is 3.13. The van der Waals surface area contributed by atoms with E-state index < -0.39 is 11.9 Å². The van der Waals surface area contributed by atoms with E-state index in [-0.39, 0.29) is 5.56 Å². The van der Waals surface area contributed by atoms with Gasteiger partial charge in [-0.15, -0.1) is 0 Å². The molecule has 1 saturated carbocycles. The van der Waals surface area contributed by atoms with Crippen LogP contribution >= 0.6 is 0 Å². The number of likely N-dealkylation sites (tertiary alicyclic amines) is 1. The van der Waals surface area contributed by atoms with Crippen LogP contribution < -0.4 is 5.56 Å². The van der Waals surface area contributed by atoms with E-state index in [0.717, 1.165) is 29.4 Å². The number of aryl methyl sites for hydroxylation is 2. The number of nitrogens with zero attached hydrogens (tertiary/aromatic N) is 2. The zero-order valence-corrected chi connectivity index (χ0v) is 19.9. The van der Waals surface area contributed by atoms with E-state index >= 15 is 0 Å². The Labute approximate surface area is 199 Å². The molecule has 4 rings (SSSR count). The van der Waals surface area contributed by atoms with Gasteiger partial charge in [0.1, 0.15) is 0 Å². The molecule has 0 spiro atoms. The van der Waals surface area contributed by atoms with Crippen molar-refractivity contribution in [3.05, 3.63) is 46.3 Å². The average molecular weight is 473 g/mol. The lowest BCUT2D eigenvalue weighted by Crippen LogP contribution is -2.37. The van der Waals surface area contributed by atoms with Gasteiger partial charge in [0.15, 0.2) is 5.58 Å². The SMILES string of the molecule is Cc1ccc2c(=O)n(CCC3CCN(CC4CCCCC4)CC3)oc2c1.O=C(O)/C=C/C(=O)O. The molecule has 0 unspecified atom stereocenters. The number of hydrogen-bond donors (Lipinski definition) is 2. The second kappa shape index (κ2) is 12.6. The predicted molar refractivity (Wildman–Crippen MR) is 130 cm³/mol. The summed E-state index contributed by atoms with van der Waals surface area (Å²) >= 11 is 0. The fourth-order valence-corrected chi connectivity index (χ4v) is 4.96. The molecule has 2 aromatic rings. The van der Waals surface area contributed by atoms with Crippen LogP contribution in [-0.4, -0.2) is 51.4 Å². The third-order valence-corrected chi connectivity index (χ3v) is 6.86. The number of fused-ring (bicyclic) bond motifs is 1. The fraction of sp³-hybridized carbons (Fsp3) is 0.577. The van der Waals surface area contributed by atoms with Crippen LogP contribution in [0.25, 0.3) is 11.0 Å². The molecule has 186 valence electrons. The van der Waals surface area contributed by atoms with Gasteiger partial charge in [0.25, 0.3) is 5.56 Å². The molecule has 1 aromatic carbocycles. The summed E-state index contributed by atoms with van der Waals surface area (Å²) in [5.41, 5.74) is 1.87. The highest BCUT2D eigenvalue weighted by molar-refractivity contribution is 5.89. The summed E-state index contributed by atoms with van der Waals surface area (Å²) in [6.45, 7) is 6.51. The van der Waals surface area contributed by atoms with E-state index in [2.05, 4.69) is 4.90 Å². The van der Waals surface area contributed by atoms with Crippen molar-refractivity contribution in [2.45, 2.75) is 64.8 Å². The van der Waals surface area contributed by atoms with Crippen LogP contribution in [0.3, 0.4) is 0 Å². The summed E-state index contributed by atoms with van der Waals surface area (Å²) in [5.74, 6) is -0.850. The largest absolute Gasteiger partial charge is 0.478 e. The second-order valence-corrected chi connectivity index (χ2v) is 9.54. The maximum absolute atomic E-state index is 12.4. The lowest BCUT2D eigenvalue weighted by molar-refractivity contribution is -0.134. The molecule has 0 radical (unpaired) electrons. The van der Waals surface area contributed by atoms with E-state index in [9.17, 15) is 14.4 Å². The predicted octanol–water partition coefficient (Wildman–Crippen LogP) is 4.30. The Balaban J connectivity index is 0.000000350. The Morgan fingerprint density at radius 3 is 2.26 bits per heavy atom. The summed E-state index contributed by atoms with van der Waals surface area (Å²) in [7, 11) is 0. The van der Waals surface area contributed by atoms with Gasteiger partial charge in [0.2, 0.25) is 0 Å². The minimum Gasteiger partial charge on any atom is -0.478 e.